The average molecular weight is 390 g/mol. The molecule has 0 N–H and O–H groups in total. The van der Waals surface area contributed by atoms with Crippen molar-refractivity contribution in [2.24, 2.45) is 5.92 Å². The predicted octanol–water partition coefficient (Wildman–Crippen LogP) is 3.82. The molecule has 0 amide bonds. The van der Waals surface area contributed by atoms with Crippen molar-refractivity contribution in [1.29, 1.82) is 0 Å². The van der Waals surface area contributed by atoms with E-state index < -0.39 is 10.0 Å². The Morgan fingerprint density at radius 1 is 1.12 bits per heavy atom. The number of imidazole rings is 1. The minimum atomic E-state index is -3.34. The van der Waals surface area contributed by atoms with Crippen LogP contribution in [-0.4, -0.2) is 35.4 Å². The summed E-state index contributed by atoms with van der Waals surface area (Å²) in [6.07, 6.45) is 1.77. The van der Waals surface area contributed by atoms with Gasteiger partial charge in [0, 0.05) is 24.5 Å². The maximum Gasteiger partial charge on any atom is 0.252 e. The molecule has 1 aliphatic heterocycles. The third kappa shape index (κ3) is 3.19. The Bertz CT molecular complexity index is 1030. The highest BCUT2D eigenvalue weighted by Gasteiger charge is 2.30. The number of sulfonamides is 1. The minimum Gasteiger partial charge on any atom is -0.328 e. The molecule has 3 heterocycles. The van der Waals surface area contributed by atoms with Gasteiger partial charge < -0.3 is 4.57 Å². The Labute approximate surface area is 158 Å². The van der Waals surface area contributed by atoms with Gasteiger partial charge in [0.05, 0.1) is 11.0 Å². The molecule has 26 heavy (non-hydrogen) atoms. The van der Waals surface area contributed by atoms with Gasteiger partial charge in [0.15, 0.2) is 0 Å². The SMILES string of the molecule is Cc1ccc(S(=O)(=O)N2CCC(Cn3c(C)nc4ccccc43)CC2)s1. The van der Waals surface area contributed by atoms with Gasteiger partial charge in [0.1, 0.15) is 10.0 Å². The predicted molar refractivity (Wildman–Crippen MR) is 105 cm³/mol. The lowest BCUT2D eigenvalue weighted by Crippen LogP contribution is -2.39. The van der Waals surface area contributed by atoms with Crippen LogP contribution in [0.15, 0.2) is 40.6 Å². The van der Waals surface area contributed by atoms with E-state index in [1.165, 1.54) is 11.3 Å². The fourth-order valence-corrected chi connectivity index (χ4v) is 6.60. The number of hydrogen-bond acceptors (Lipinski definition) is 4. The van der Waals surface area contributed by atoms with Crippen molar-refractivity contribution in [1.82, 2.24) is 13.9 Å². The molecule has 0 aliphatic carbocycles. The standard InChI is InChI=1S/C19H23N3O2S2/c1-14-7-8-19(25-14)26(23,24)21-11-9-16(10-12-21)13-22-15(2)20-17-5-3-4-6-18(17)22/h3-8,16H,9-13H2,1-2H3. The first-order valence-corrected chi connectivity index (χ1v) is 11.2. The van der Waals surface area contributed by atoms with Gasteiger partial charge in [-0.1, -0.05) is 12.1 Å². The van der Waals surface area contributed by atoms with Crippen LogP contribution in [0, 0.1) is 19.8 Å². The second-order valence-corrected chi connectivity index (χ2v) is 10.4. The van der Waals surface area contributed by atoms with E-state index >= 15 is 0 Å². The van der Waals surface area contributed by atoms with E-state index in [4.69, 9.17) is 0 Å². The van der Waals surface area contributed by atoms with Crippen LogP contribution >= 0.6 is 11.3 Å². The molecule has 1 aromatic carbocycles. The van der Waals surface area contributed by atoms with Gasteiger partial charge in [0.25, 0.3) is 10.0 Å². The van der Waals surface area contributed by atoms with Crippen molar-refractivity contribution < 1.29 is 8.42 Å². The number of para-hydroxylation sites is 2. The van der Waals surface area contributed by atoms with Crippen LogP contribution < -0.4 is 0 Å². The first kappa shape index (κ1) is 17.7. The average Bonchev–Trinajstić information content (AvgIpc) is 3.20. The van der Waals surface area contributed by atoms with Gasteiger partial charge in [-0.05, 0) is 56.9 Å². The zero-order valence-corrected chi connectivity index (χ0v) is 16.7. The highest BCUT2D eigenvalue weighted by Crippen LogP contribution is 2.29. The summed E-state index contributed by atoms with van der Waals surface area (Å²) < 4.78 is 29.9. The second kappa shape index (κ2) is 6.79. The van der Waals surface area contributed by atoms with E-state index in [1.807, 2.05) is 38.1 Å². The molecule has 0 radical (unpaired) electrons. The zero-order valence-electron chi connectivity index (χ0n) is 15.1. The van der Waals surface area contributed by atoms with Crippen molar-refractivity contribution in [3.05, 3.63) is 47.1 Å². The third-order valence-electron chi connectivity index (χ3n) is 5.17. The first-order chi connectivity index (χ1) is 12.4. The van der Waals surface area contributed by atoms with Crippen LogP contribution in [0.4, 0.5) is 0 Å². The summed E-state index contributed by atoms with van der Waals surface area (Å²) in [5.74, 6) is 1.50. The molecule has 0 atom stereocenters. The zero-order chi connectivity index (χ0) is 18.3. The maximum absolute atomic E-state index is 12.8. The van der Waals surface area contributed by atoms with Gasteiger partial charge in [-0.3, -0.25) is 0 Å². The van der Waals surface area contributed by atoms with E-state index in [0.29, 0.717) is 23.2 Å². The number of hydrogen-bond donors (Lipinski definition) is 0. The molecule has 0 spiro atoms. The lowest BCUT2D eigenvalue weighted by atomic mass is 9.98. The smallest absolute Gasteiger partial charge is 0.252 e. The molecular formula is C19H23N3O2S2. The molecule has 1 saturated heterocycles. The van der Waals surface area contributed by atoms with Gasteiger partial charge in [-0.25, -0.2) is 13.4 Å². The fourth-order valence-electron chi connectivity index (χ4n) is 3.69. The molecule has 0 unspecified atom stereocenters. The molecule has 0 saturated carbocycles. The lowest BCUT2D eigenvalue weighted by molar-refractivity contribution is 0.254. The molecule has 0 bridgehead atoms. The summed E-state index contributed by atoms with van der Waals surface area (Å²) in [6, 6.07) is 11.8. The largest absolute Gasteiger partial charge is 0.328 e. The van der Waals surface area contributed by atoms with Crippen molar-refractivity contribution in [3.63, 3.8) is 0 Å². The third-order valence-corrected chi connectivity index (χ3v) is 8.54. The van der Waals surface area contributed by atoms with Gasteiger partial charge in [0.2, 0.25) is 0 Å². The van der Waals surface area contributed by atoms with Crippen LogP contribution in [0.5, 0.6) is 0 Å². The number of rotatable bonds is 4. The van der Waals surface area contributed by atoms with Crippen molar-refractivity contribution in [3.8, 4) is 0 Å². The van der Waals surface area contributed by atoms with Crippen molar-refractivity contribution in [2.45, 2.75) is 37.4 Å². The summed E-state index contributed by atoms with van der Waals surface area (Å²) >= 11 is 1.35. The summed E-state index contributed by atoms with van der Waals surface area (Å²) in [6.45, 7) is 6.07. The number of fused-ring (bicyclic) bond motifs is 1. The van der Waals surface area contributed by atoms with Crippen molar-refractivity contribution >= 4 is 32.4 Å². The summed E-state index contributed by atoms with van der Waals surface area (Å²) in [5.41, 5.74) is 2.19. The molecule has 1 aliphatic rings. The Balaban J connectivity index is 1.46. The molecule has 2 aromatic heterocycles. The first-order valence-electron chi connectivity index (χ1n) is 8.93. The molecule has 138 valence electrons. The van der Waals surface area contributed by atoms with Gasteiger partial charge in [-0.2, -0.15) is 4.31 Å². The summed E-state index contributed by atoms with van der Waals surface area (Å²) in [7, 11) is -3.34. The topological polar surface area (TPSA) is 55.2 Å². The van der Waals surface area contributed by atoms with E-state index in [0.717, 1.165) is 41.1 Å². The molecule has 1 fully saturated rings. The number of aryl methyl sites for hydroxylation is 2. The van der Waals surface area contributed by atoms with Gasteiger partial charge >= 0.3 is 0 Å². The van der Waals surface area contributed by atoms with Crippen LogP contribution in [0.2, 0.25) is 0 Å². The molecule has 7 heteroatoms. The molecule has 3 aromatic rings. The molecule has 5 nitrogen and oxygen atoms in total. The van der Waals surface area contributed by atoms with Crippen LogP contribution in [-0.2, 0) is 16.6 Å². The number of benzene rings is 1. The highest BCUT2D eigenvalue weighted by molar-refractivity contribution is 7.91. The van der Waals surface area contributed by atoms with E-state index in [2.05, 4.69) is 15.6 Å². The summed E-state index contributed by atoms with van der Waals surface area (Å²) in [5, 5.41) is 0. The number of aromatic nitrogens is 2. The normalized spacial score (nSPS) is 17.2. The Morgan fingerprint density at radius 2 is 1.85 bits per heavy atom. The highest BCUT2D eigenvalue weighted by atomic mass is 32.2. The summed E-state index contributed by atoms with van der Waals surface area (Å²) in [4.78, 5) is 5.66. The van der Waals surface area contributed by atoms with E-state index in [9.17, 15) is 8.42 Å². The Hall–Kier alpha value is -1.70. The monoisotopic (exact) mass is 389 g/mol. The molecular weight excluding hydrogens is 366 g/mol. The van der Waals surface area contributed by atoms with Crippen LogP contribution in [0.25, 0.3) is 11.0 Å². The maximum atomic E-state index is 12.8. The number of nitrogens with zero attached hydrogens (tertiary/aromatic N) is 3. The second-order valence-electron chi connectivity index (χ2n) is 6.97. The minimum absolute atomic E-state index is 0.463. The van der Waals surface area contributed by atoms with Crippen LogP contribution in [0.3, 0.4) is 0 Å². The van der Waals surface area contributed by atoms with E-state index in [1.54, 1.807) is 10.4 Å². The molecule has 4 rings (SSSR count). The Kier molecular flexibility index (Phi) is 4.62. The number of thiophene rings is 1. The fraction of sp³-hybridized carbons (Fsp3) is 0.421. The quantitative estimate of drug-likeness (QED) is 0.682. The number of piperidine rings is 1. The Morgan fingerprint density at radius 3 is 2.54 bits per heavy atom. The lowest BCUT2D eigenvalue weighted by Gasteiger charge is -2.31. The van der Waals surface area contributed by atoms with Crippen LogP contribution in [0.1, 0.15) is 23.5 Å². The van der Waals surface area contributed by atoms with Crippen molar-refractivity contribution in [2.75, 3.05) is 13.1 Å². The van der Waals surface area contributed by atoms with Gasteiger partial charge in [-0.15, -0.1) is 11.3 Å². The van der Waals surface area contributed by atoms with E-state index in [-0.39, 0.29) is 0 Å².